The Hall–Kier alpha value is -2.89. The highest BCUT2D eigenvalue weighted by atomic mass is 16.5. The number of rotatable bonds is 6. The summed E-state index contributed by atoms with van der Waals surface area (Å²) in [5.41, 5.74) is 1.83. The summed E-state index contributed by atoms with van der Waals surface area (Å²) in [4.78, 5) is 15.0. The fourth-order valence-corrected chi connectivity index (χ4v) is 4.41. The molecule has 1 atom stereocenters. The summed E-state index contributed by atoms with van der Waals surface area (Å²) < 4.78 is 22.9. The molecule has 0 aliphatic carbocycles. The van der Waals surface area contributed by atoms with Gasteiger partial charge in [0.1, 0.15) is 17.1 Å². The molecule has 6 heteroatoms. The highest BCUT2D eigenvalue weighted by molar-refractivity contribution is 5.79. The number of amides is 1. The van der Waals surface area contributed by atoms with E-state index < -0.39 is 0 Å². The average molecular weight is 411 g/mol. The first kappa shape index (κ1) is 20.4. The molecule has 0 bridgehead atoms. The van der Waals surface area contributed by atoms with Crippen molar-refractivity contribution in [3.63, 3.8) is 0 Å². The number of ether oxygens (including phenoxy) is 4. The molecule has 2 aromatic rings. The molecule has 0 N–H and O–H groups in total. The first-order chi connectivity index (χ1) is 14.4. The van der Waals surface area contributed by atoms with E-state index in [1.54, 1.807) is 14.2 Å². The van der Waals surface area contributed by atoms with Gasteiger partial charge in [0.2, 0.25) is 0 Å². The zero-order valence-electron chi connectivity index (χ0n) is 18.1. The van der Waals surface area contributed by atoms with Crippen LogP contribution in [-0.2, 0) is 11.2 Å². The second-order valence-corrected chi connectivity index (χ2v) is 8.42. The van der Waals surface area contributed by atoms with Gasteiger partial charge in [-0.15, -0.1) is 0 Å². The largest absolute Gasteiger partial charge is 0.497 e. The highest BCUT2D eigenvalue weighted by Gasteiger charge is 2.34. The van der Waals surface area contributed by atoms with E-state index in [1.165, 1.54) is 0 Å². The number of hydrogen-bond acceptors (Lipinski definition) is 5. The minimum atomic E-state index is -0.255. The molecule has 2 aliphatic heterocycles. The second-order valence-electron chi connectivity index (χ2n) is 8.42. The molecule has 0 aromatic heterocycles. The van der Waals surface area contributed by atoms with Gasteiger partial charge >= 0.3 is 0 Å². The van der Waals surface area contributed by atoms with E-state index in [9.17, 15) is 4.79 Å². The zero-order valence-corrected chi connectivity index (χ0v) is 18.1. The number of likely N-dealkylation sites (tertiary alicyclic amines) is 1. The first-order valence-corrected chi connectivity index (χ1v) is 10.4. The monoisotopic (exact) mass is 411 g/mol. The van der Waals surface area contributed by atoms with E-state index in [0.717, 1.165) is 47.6 Å². The number of benzene rings is 2. The van der Waals surface area contributed by atoms with Gasteiger partial charge in [-0.05, 0) is 51.0 Å². The van der Waals surface area contributed by atoms with Crippen molar-refractivity contribution in [1.29, 1.82) is 0 Å². The second kappa shape index (κ2) is 8.09. The third-order valence-electron chi connectivity index (χ3n) is 5.78. The topological polar surface area (TPSA) is 57.2 Å². The Morgan fingerprint density at radius 1 is 1.17 bits per heavy atom. The number of carbonyl (C=O) groups is 1. The molecular formula is C24H29NO5. The predicted octanol–water partition coefficient (Wildman–Crippen LogP) is 4.16. The maximum Gasteiger partial charge on any atom is 0.261 e. The molecule has 0 saturated carbocycles. The van der Waals surface area contributed by atoms with Crippen LogP contribution < -0.4 is 18.9 Å². The van der Waals surface area contributed by atoms with Gasteiger partial charge in [-0.1, -0.05) is 12.1 Å². The van der Waals surface area contributed by atoms with Gasteiger partial charge in [-0.2, -0.15) is 0 Å². The van der Waals surface area contributed by atoms with Gasteiger partial charge in [0.05, 0.1) is 20.3 Å². The summed E-state index contributed by atoms with van der Waals surface area (Å²) in [5.74, 6) is 2.85. The molecule has 2 aromatic carbocycles. The average Bonchev–Trinajstić information content (AvgIpc) is 3.34. The van der Waals surface area contributed by atoms with E-state index in [0.29, 0.717) is 12.3 Å². The van der Waals surface area contributed by atoms with E-state index in [1.807, 2.05) is 41.3 Å². The molecule has 1 fully saturated rings. The van der Waals surface area contributed by atoms with E-state index >= 15 is 0 Å². The first-order valence-electron chi connectivity index (χ1n) is 10.4. The van der Waals surface area contributed by atoms with Gasteiger partial charge in [0.15, 0.2) is 18.1 Å². The maximum absolute atomic E-state index is 13.1. The number of fused-ring (bicyclic) bond motifs is 1. The van der Waals surface area contributed by atoms with Crippen molar-refractivity contribution >= 4 is 5.91 Å². The van der Waals surface area contributed by atoms with Crippen molar-refractivity contribution in [3.8, 4) is 23.0 Å². The molecule has 30 heavy (non-hydrogen) atoms. The normalized spacial score (nSPS) is 19.2. The van der Waals surface area contributed by atoms with Crippen molar-refractivity contribution < 1.29 is 23.7 Å². The Bertz CT molecular complexity index is 939. The standard InChI is InChI=1S/C24H29NO5/c1-24(2)14-16-7-5-9-21(23(16)30-24)29-15-22(26)25-12-6-8-19(25)18-13-17(27-3)10-11-20(18)28-4/h5,7,9-11,13,19H,6,8,12,14-15H2,1-4H3. The van der Waals surface area contributed by atoms with Crippen LogP contribution in [0.5, 0.6) is 23.0 Å². The van der Waals surface area contributed by atoms with E-state index in [4.69, 9.17) is 18.9 Å². The van der Waals surface area contributed by atoms with Crippen LogP contribution in [0, 0.1) is 0 Å². The fraction of sp³-hybridized carbons (Fsp3) is 0.458. The van der Waals surface area contributed by atoms with Crippen molar-refractivity contribution in [3.05, 3.63) is 47.5 Å². The van der Waals surface area contributed by atoms with Crippen LogP contribution in [0.4, 0.5) is 0 Å². The minimum Gasteiger partial charge on any atom is -0.497 e. The molecule has 160 valence electrons. The molecule has 6 nitrogen and oxygen atoms in total. The Labute approximate surface area is 177 Å². The summed E-state index contributed by atoms with van der Waals surface area (Å²) >= 11 is 0. The lowest BCUT2D eigenvalue weighted by Gasteiger charge is -2.27. The Morgan fingerprint density at radius 2 is 2.00 bits per heavy atom. The van der Waals surface area contributed by atoms with Crippen molar-refractivity contribution in [1.82, 2.24) is 4.90 Å². The molecule has 0 radical (unpaired) electrons. The molecule has 4 rings (SSSR count). The van der Waals surface area contributed by atoms with Gasteiger partial charge in [0.25, 0.3) is 5.91 Å². The van der Waals surface area contributed by atoms with E-state index in [-0.39, 0.29) is 24.2 Å². The van der Waals surface area contributed by atoms with Gasteiger partial charge in [-0.25, -0.2) is 0 Å². The summed E-state index contributed by atoms with van der Waals surface area (Å²) in [5, 5.41) is 0. The predicted molar refractivity (Wildman–Crippen MR) is 114 cm³/mol. The summed E-state index contributed by atoms with van der Waals surface area (Å²) in [6.07, 6.45) is 2.65. The molecular weight excluding hydrogens is 382 g/mol. The maximum atomic E-state index is 13.1. The van der Waals surface area contributed by atoms with Crippen LogP contribution in [0.15, 0.2) is 36.4 Å². The number of hydrogen-bond donors (Lipinski definition) is 0. The van der Waals surface area contributed by atoms with Gasteiger partial charge < -0.3 is 23.8 Å². The SMILES string of the molecule is COc1ccc(OC)c(C2CCCN2C(=O)COc2cccc3c2OC(C)(C)C3)c1. The lowest BCUT2D eigenvalue weighted by molar-refractivity contribution is -0.134. The molecule has 1 amide bonds. The number of para-hydroxylation sites is 1. The van der Waals surface area contributed by atoms with Crippen LogP contribution in [-0.4, -0.2) is 43.8 Å². The van der Waals surface area contributed by atoms with Crippen molar-refractivity contribution in [2.24, 2.45) is 0 Å². The fourth-order valence-electron chi connectivity index (χ4n) is 4.41. The Balaban J connectivity index is 1.49. The van der Waals surface area contributed by atoms with Crippen LogP contribution in [0.2, 0.25) is 0 Å². The molecule has 1 saturated heterocycles. The zero-order chi connectivity index (χ0) is 21.3. The summed E-state index contributed by atoms with van der Waals surface area (Å²) in [6.45, 7) is 4.78. The van der Waals surface area contributed by atoms with Crippen LogP contribution in [0.1, 0.15) is 43.9 Å². The molecule has 1 unspecified atom stereocenters. The molecule has 2 aliphatic rings. The summed E-state index contributed by atoms with van der Waals surface area (Å²) in [7, 11) is 3.28. The minimum absolute atomic E-state index is 0.0248. The number of methoxy groups -OCH3 is 2. The third kappa shape index (κ3) is 3.91. The third-order valence-corrected chi connectivity index (χ3v) is 5.78. The van der Waals surface area contributed by atoms with Crippen LogP contribution in [0.3, 0.4) is 0 Å². The summed E-state index contributed by atoms with van der Waals surface area (Å²) in [6, 6.07) is 11.5. The highest BCUT2D eigenvalue weighted by Crippen LogP contribution is 2.42. The number of nitrogens with zero attached hydrogens (tertiary/aromatic N) is 1. The van der Waals surface area contributed by atoms with E-state index in [2.05, 4.69) is 13.8 Å². The van der Waals surface area contributed by atoms with Crippen molar-refractivity contribution in [2.75, 3.05) is 27.4 Å². The van der Waals surface area contributed by atoms with Gasteiger partial charge in [0, 0.05) is 24.1 Å². The molecule has 2 heterocycles. The number of carbonyl (C=O) groups excluding carboxylic acids is 1. The quantitative estimate of drug-likeness (QED) is 0.714. The Kier molecular flexibility index (Phi) is 5.50. The lowest BCUT2D eigenvalue weighted by Crippen LogP contribution is -2.34. The molecule has 0 spiro atoms. The lowest BCUT2D eigenvalue weighted by atomic mass is 10.0. The van der Waals surface area contributed by atoms with Crippen molar-refractivity contribution in [2.45, 2.75) is 44.8 Å². The van der Waals surface area contributed by atoms with Crippen LogP contribution >= 0.6 is 0 Å². The van der Waals surface area contributed by atoms with Crippen LogP contribution in [0.25, 0.3) is 0 Å². The smallest absolute Gasteiger partial charge is 0.261 e. The Morgan fingerprint density at radius 3 is 2.77 bits per heavy atom. The van der Waals surface area contributed by atoms with Gasteiger partial charge in [-0.3, -0.25) is 4.79 Å².